The van der Waals surface area contributed by atoms with Crippen molar-refractivity contribution in [2.45, 2.75) is 116 Å². The molecule has 0 bridgehead atoms. The van der Waals surface area contributed by atoms with E-state index in [2.05, 4.69) is 25.7 Å². The highest BCUT2D eigenvalue weighted by Gasteiger charge is 2.51. The van der Waals surface area contributed by atoms with E-state index < -0.39 is 17.8 Å². The topological polar surface area (TPSA) is 87.0 Å². The second-order valence-electron chi connectivity index (χ2n) is 11.5. The molecule has 3 rings (SSSR count). The van der Waals surface area contributed by atoms with Crippen LogP contribution in [-0.2, 0) is 9.53 Å². The zero-order valence-electron chi connectivity index (χ0n) is 21.0. The smallest absolute Gasteiger partial charge is 0.306 e. The average Bonchev–Trinajstić information content (AvgIpc) is 3.07. The molecule has 3 N–H and O–H groups in total. The van der Waals surface area contributed by atoms with Crippen molar-refractivity contribution >= 4 is 5.97 Å². The molecule has 0 spiro atoms. The largest absolute Gasteiger partial charge is 0.462 e. The van der Waals surface area contributed by atoms with Crippen LogP contribution in [0.4, 0.5) is 0 Å². The maximum atomic E-state index is 12.4. The molecular weight excluding hydrogens is 416 g/mol. The van der Waals surface area contributed by atoms with Crippen LogP contribution in [0.15, 0.2) is 35.5 Å². The van der Waals surface area contributed by atoms with Gasteiger partial charge in [0.25, 0.3) is 0 Å². The molecule has 33 heavy (non-hydrogen) atoms. The van der Waals surface area contributed by atoms with E-state index in [9.17, 15) is 20.1 Å². The molecular formula is C28H44O5. The van der Waals surface area contributed by atoms with E-state index >= 15 is 0 Å². The zero-order valence-corrected chi connectivity index (χ0v) is 21.0. The Balaban J connectivity index is 1.63. The van der Waals surface area contributed by atoms with Gasteiger partial charge in [0.1, 0.15) is 6.10 Å². The van der Waals surface area contributed by atoms with Gasteiger partial charge in [0.2, 0.25) is 0 Å². The van der Waals surface area contributed by atoms with Crippen LogP contribution >= 0.6 is 0 Å². The summed E-state index contributed by atoms with van der Waals surface area (Å²) in [6, 6.07) is 0. The number of carbonyl (C=O) groups excluding carboxylic acids is 1. The molecule has 0 radical (unpaired) electrons. The minimum atomic E-state index is -0.750. The molecule has 5 nitrogen and oxygen atoms in total. The Morgan fingerprint density at radius 1 is 1.24 bits per heavy atom. The first-order valence-electron chi connectivity index (χ1n) is 12.8. The molecule has 3 saturated carbocycles. The van der Waals surface area contributed by atoms with Gasteiger partial charge < -0.3 is 20.1 Å². The second kappa shape index (κ2) is 10.5. The van der Waals surface area contributed by atoms with Crippen molar-refractivity contribution in [2.75, 3.05) is 0 Å². The van der Waals surface area contributed by atoms with Gasteiger partial charge >= 0.3 is 5.97 Å². The predicted molar refractivity (Wildman–Crippen MR) is 130 cm³/mol. The Morgan fingerprint density at radius 3 is 2.55 bits per heavy atom. The van der Waals surface area contributed by atoms with Gasteiger partial charge in [0, 0.05) is 12.3 Å². The van der Waals surface area contributed by atoms with Crippen molar-refractivity contribution in [3.8, 4) is 0 Å². The Labute approximate surface area is 199 Å². The molecule has 5 heteroatoms. The molecule has 6 atom stereocenters. The molecule has 0 unspecified atom stereocenters. The first-order chi connectivity index (χ1) is 15.4. The number of carbonyl (C=O) groups is 1. The van der Waals surface area contributed by atoms with E-state index in [0.29, 0.717) is 49.5 Å². The SMILES string of the molecule is C=C1[C@H](O)CC(=CC=C2CCC[C@]3(C)[C@@H]([C@H](C)OC(=O)CCCC(C)(C)O)CC[C@@H]23)C[C@H]1O. The Hall–Kier alpha value is -1.43. The van der Waals surface area contributed by atoms with Crippen LogP contribution in [0.3, 0.4) is 0 Å². The third-order valence-corrected chi connectivity index (χ3v) is 8.39. The fraction of sp³-hybridized carbons (Fsp3) is 0.750. The molecule has 186 valence electrons. The van der Waals surface area contributed by atoms with Crippen molar-refractivity contribution in [2.24, 2.45) is 17.3 Å². The van der Waals surface area contributed by atoms with E-state index in [1.807, 2.05) is 6.92 Å². The third kappa shape index (κ3) is 6.37. The first kappa shape index (κ1) is 26.2. The zero-order chi connectivity index (χ0) is 24.4. The number of rotatable bonds is 7. The summed E-state index contributed by atoms with van der Waals surface area (Å²) in [5.74, 6) is 0.669. The van der Waals surface area contributed by atoms with Crippen LogP contribution in [0.25, 0.3) is 0 Å². The van der Waals surface area contributed by atoms with Crippen LogP contribution in [0, 0.1) is 17.3 Å². The molecule has 0 heterocycles. The van der Waals surface area contributed by atoms with Crippen LogP contribution < -0.4 is 0 Å². The van der Waals surface area contributed by atoms with Gasteiger partial charge in [0.05, 0.1) is 17.8 Å². The van der Waals surface area contributed by atoms with Crippen LogP contribution in [0.1, 0.15) is 91.9 Å². The van der Waals surface area contributed by atoms with Crippen LogP contribution in [0.5, 0.6) is 0 Å². The summed E-state index contributed by atoms with van der Waals surface area (Å²) in [7, 11) is 0. The van der Waals surface area contributed by atoms with E-state index in [1.165, 1.54) is 5.57 Å². The predicted octanol–water partition coefficient (Wildman–Crippen LogP) is 5.00. The highest BCUT2D eigenvalue weighted by molar-refractivity contribution is 5.69. The molecule has 3 aliphatic carbocycles. The highest BCUT2D eigenvalue weighted by atomic mass is 16.5. The van der Waals surface area contributed by atoms with E-state index in [1.54, 1.807) is 13.8 Å². The lowest BCUT2D eigenvalue weighted by atomic mass is 9.62. The molecule has 0 saturated heterocycles. The molecule has 0 aliphatic heterocycles. The summed E-state index contributed by atoms with van der Waals surface area (Å²) in [6.07, 6.45) is 11.1. The summed E-state index contributed by atoms with van der Waals surface area (Å²) in [6.45, 7) is 11.7. The highest BCUT2D eigenvalue weighted by Crippen LogP contribution is 2.58. The van der Waals surface area contributed by atoms with E-state index in [-0.39, 0.29) is 17.5 Å². The molecule has 0 aromatic carbocycles. The number of ether oxygens (including phenoxy) is 1. The number of esters is 1. The van der Waals surface area contributed by atoms with Gasteiger partial charge in [-0.15, -0.1) is 0 Å². The second-order valence-corrected chi connectivity index (χ2v) is 11.5. The fourth-order valence-electron chi connectivity index (χ4n) is 6.49. The van der Waals surface area contributed by atoms with Crippen LogP contribution in [0.2, 0.25) is 0 Å². The quantitative estimate of drug-likeness (QED) is 0.368. The lowest BCUT2D eigenvalue weighted by molar-refractivity contribution is -0.153. The van der Waals surface area contributed by atoms with E-state index in [4.69, 9.17) is 4.74 Å². The maximum Gasteiger partial charge on any atom is 0.306 e. The summed E-state index contributed by atoms with van der Waals surface area (Å²) >= 11 is 0. The Bertz CT molecular complexity index is 773. The Morgan fingerprint density at radius 2 is 1.91 bits per heavy atom. The molecule has 3 fully saturated rings. The summed E-state index contributed by atoms with van der Waals surface area (Å²) in [4.78, 5) is 12.4. The van der Waals surface area contributed by atoms with Crippen molar-refractivity contribution in [1.82, 2.24) is 0 Å². The molecule has 0 aromatic heterocycles. The first-order valence-corrected chi connectivity index (χ1v) is 12.8. The van der Waals surface area contributed by atoms with Gasteiger partial charge in [-0.2, -0.15) is 0 Å². The Kier molecular flexibility index (Phi) is 8.29. The van der Waals surface area contributed by atoms with Gasteiger partial charge in [0.15, 0.2) is 0 Å². The summed E-state index contributed by atoms with van der Waals surface area (Å²) < 4.78 is 5.87. The van der Waals surface area contributed by atoms with Crippen molar-refractivity contribution in [1.29, 1.82) is 0 Å². The number of fused-ring (bicyclic) bond motifs is 1. The minimum absolute atomic E-state index is 0.109. The minimum Gasteiger partial charge on any atom is -0.462 e. The standard InChI is InChI=1S/C28H44O5/c1-18-24(29)16-20(17-25(18)30)10-11-21-8-6-15-28(5)22(12-13-23(21)28)19(2)33-26(31)9-7-14-27(3,4)32/h10-11,19,22-25,29-30,32H,1,6-9,12-17H2,2-5H3/t19-,22+,23-,24+,25+,28+/m0/s1. The van der Waals surface area contributed by atoms with Gasteiger partial charge in [-0.1, -0.05) is 36.8 Å². The van der Waals surface area contributed by atoms with Crippen molar-refractivity contribution in [3.63, 3.8) is 0 Å². The molecule has 0 amide bonds. The van der Waals surface area contributed by atoms with Crippen molar-refractivity contribution in [3.05, 3.63) is 35.5 Å². The lowest BCUT2D eigenvalue weighted by Crippen LogP contribution is -2.39. The summed E-state index contributed by atoms with van der Waals surface area (Å²) in [5.41, 5.74) is 2.42. The number of aliphatic hydroxyl groups excluding tert-OH is 2. The van der Waals surface area contributed by atoms with Crippen LogP contribution in [-0.4, -0.2) is 45.2 Å². The van der Waals surface area contributed by atoms with E-state index in [0.717, 1.165) is 37.7 Å². The molecule has 0 aromatic rings. The molecule has 3 aliphatic rings. The number of hydrogen-bond donors (Lipinski definition) is 3. The van der Waals surface area contributed by atoms with Gasteiger partial charge in [-0.25, -0.2) is 0 Å². The maximum absolute atomic E-state index is 12.4. The normalized spacial score (nSPS) is 34.8. The fourth-order valence-corrected chi connectivity index (χ4v) is 6.49. The lowest BCUT2D eigenvalue weighted by Gasteiger charge is -2.44. The monoisotopic (exact) mass is 460 g/mol. The average molecular weight is 461 g/mol. The number of hydrogen-bond acceptors (Lipinski definition) is 5. The van der Waals surface area contributed by atoms with Crippen molar-refractivity contribution < 1.29 is 24.9 Å². The van der Waals surface area contributed by atoms with Gasteiger partial charge in [-0.05, 0) is 95.5 Å². The third-order valence-electron chi connectivity index (χ3n) is 8.39. The number of aliphatic hydroxyl groups is 3. The summed E-state index contributed by atoms with van der Waals surface area (Å²) in [5, 5.41) is 30.1. The van der Waals surface area contributed by atoms with Gasteiger partial charge in [-0.3, -0.25) is 4.79 Å². The number of allylic oxidation sites excluding steroid dienone is 3.